The van der Waals surface area contributed by atoms with E-state index in [4.69, 9.17) is 5.11 Å². The molecule has 3 rings (SSSR count). The molecule has 3 aromatic rings. The van der Waals surface area contributed by atoms with Crippen molar-refractivity contribution >= 4 is 19.2 Å². The maximum absolute atomic E-state index is 13.0. The Bertz CT molecular complexity index is 1130. The predicted molar refractivity (Wildman–Crippen MR) is 139 cm³/mol. The molecule has 0 spiro atoms. The number of aliphatic carboxylic acids is 1. The van der Waals surface area contributed by atoms with E-state index >= 15 is 0 Å². The number of carboxylic acids is 1. The van der Waals surface area contributed by atoms with Gasteiger partial charge in [0.15, 0.2) is 0 Å². The van der Waals surface area contributed by atoms with Crippen molar-refractivity contribution in [2.45, 2.75) is 25.7 Å². The summed E-state index contributed by atoms with van der Waals surface area (Å²) in [6, 6.07) is 27.3. The van der Waals surface area contributed by atoms with E-state index < -0.39 is 19.3 Å². The van der Waals surface area contributed by atoms with Gasteiger partial charge in [-0.3, -0.25) is 14.2 Å². The highest BCUT2D eigenvalue weighted by atomic mass is 31.2. The Kier molecular flexibility index (Phi) is 9.83. The number of carbonyl (C=O) groups is 2. The van der Waals surface area contributed by atoms with Gasteiger partial charge in [-0.05, 0) is 41.5 Å². The molecule has 0 aromatic heterocycles. The number of nitrogens with one attached hydrogen (secondary N) is 1. The minimum Gasteiger partial charge on any atom is -0.481 e. The highest BCUT2D eigenvalue weighted by Gasteiger charge is 2.29. The van der Waals surface area contributed by atoms with Crippen molar-refractivity contribution in [3.05, 3.63) is 96.1 Å². The number of hydrogen-bond acceptors (Lipinski definition) is 3. The summed E-state index contributed by atoms with van der Waals surface area (Å²) < 4.78 is 13.0. The smallest absolute Gasteiger partial charge is 0.303 e. The van der Waals surface area contributed by atoms with Gasteiger partial charge in [-0.1, -0.05) is 84.9 Å². The topological polar surface area (TPSA) is 104 Å². The molecule has 0 aliphatic heterocycles. The van der Waals surface area contributed by atoms with Crippen molar-refractivity contribution < 1.29 is 24.2 Å². The highest BCUT2D eigenvalue weighted by molar-refractivity contribution is 7.58. The van der Waals surface area contributed by atoms with Crippen LogP contribution < -0.4 is 5.32 Å². The van der Waals surface area contributed by atoms with Crippen LogP contribution in [-0.2, 0) is 27.0 Å². The predicted octanol–water partition coefficient (Wildman–Crippen LogP) is 5.01. The van der Waals surface area contributed by atoms with Gasteiger partial charge in [-0.15, -0.1) is 0 Å². The first-order valence-electron chi connectivity index (χ1n) is 11.8. The van der Waals surface area contributed by atoms with E-state index in [-0.39, 0.29) is 31.2 Å². The molecule has 2 unspecified atom stereocenters. The Hall–Kier alpha value is -3.21. The number of amides is 1. The fourth-order valence-electron chi connectivity index (χ4n) is 3.97. The number of benzene rings is 3. The maximum atomic E-state index is 13.0. The van der Waals surface area contributed by atoms with E-state index in [2.05, 4.69) is 5.32 Å². The molecule has 3 N–H and O–H groups in total. The number of rotatable bonds is 13. The van der Waals surface area contributed by atoms with E-state index in [1.807, 2.05) is 84.9 Å². The average molecular weight is 494 g/mol. The normalized spacial score (nSPS) is 13.5. The molecule has 0 aliphatic rings. The van der Waals surface area contributed by atoms with Crippen LogP contribution in [0.5, 0.6) is 0 Å². The van der Waals surface area contributed by atoms with Gasteiger partial charge in [0.05, 0.1) is 5.92 Å². The lowest BCUT2D eigenvalue weighted by Crippen LogP contribution is -2.35. The fourth-order valence-corrected chi connectivity index (χ4v) is 5.74. The van der Waals surface area contributed by atoms with Gasteiger partial charge in [0.2, 0.25) is 13.3 Å². The first kappa shape index (κ1) is 26.4. The Morgan fingerprint density at radius 1 is 0.829 bits per heavy atom. The maximum Gasteiger partial charge on any atom is 0.303 e. The van der Waals surface area contributed by atoms with Crippen LogP contribution in [0.1, 0.15) is 24.0 Å². The zero-order valence-electron chi connectivity index (χ0n) is 19.7. The Morgan fingerprint density at radius 3 is 2.06 bits per heavy atom. The third-order valence-electron chi connectivity index (χ3n) is 5.88. The summed E-state index contributed by atoms with van der Waals surface area (Å²) in [5.74, 6) is -1.93. The van der Waals surface area contributed by atoms with E-state index in [1.165, 1.54) is 0 Å². The van der Waals surface area contributed by atoms with Crippen LogP contribution in [0.4, 0.5) is 0 Å². The van der Waals surface area contributed by atoms with Crippen LogP contribution in [0.3, 0.4) is 0 Å². The molecule has 3 aromatic carbocycles. The summed E-state index contributed by atoms with van der Waals surface area (Å²) in [5.41, 5.74) is 4.03. The monoisotopic (exact) mass is 493 g/mol. The van der Waals surface area contributed by atoms with Gasteiger partial charge >= 0.3 is 5.97 Å². The second-order valence-corrected chi connectivity index (χ2v) is 11.2. The van der Waals surface area contributed by atoms with Gasteiger partial charge in [-0.2, -0.15) is 0 Å². The summed E-state index contributed by atoms with van der Waals surface area (Å²) in [4.78, 5) is 34.4. The summed E-state index contributed by atoms with van der Waals surface area (Å²) in [6.45, 7) is 0.217. The largest absolute Gasteiger partial charge is 0.481 e. The summed E-state index contributed by atoms with van der Waals surface area (Å²) in [5, 5.41) is 11.6. The number of carbonyl (C=O) groups excluding carboxylic acids is 1. The minimum absolute atomic E-state index is 0.0402. The summed E-state index contributed by atoms with van der Waals surface area (Å²) in [6.07, 6.45) is 1.05. The molecule has 0 bridgehead atoms. The molecule has 0 radical (unpaired) electrons. The van der Waals surface area contributed by atoms with Crippen molar-refractivity contribution in [3.63, 3.8) is 0 Å². The molecule has 0 heterocycles. The third-order valence-corrected chi connectivity index (χ3v) is 7.81. The van der Waals surface area contributed by atoms with Gasteiger partial charge in [0.1, 0.15) is 0 Å². The Morgan fingerprint density at radius 2 is 1.43 bits per heavy atom. The highest BCUT2D eigenvalue weighted by Crippen LogP contribution is 2.43. The molecule has 6 nitrogen and oxygen atoms in total. The van der Waals surface area contributed by atoms with Crippen molar-refractivity contribution in [1.29, 1.82) is 0 Å². The van der Waals surface area contributed by atoms with Gasteiger partial charge in [0.25, 0.3) is 0 Å². The lowest BCUT2D eigenvalue weighted by molar-refractivity contribution is -0.137. The van der Waals surface area contributed by atoms with E-state index in [1.54, 1.807) is 0 Å². The van der Waals surface area contributed by atoms with Gasteiger partial charge < -0.3 is 15.3 Å². The van der Waals surface area contributed by atoms with Crippen LogP contribution in [-0.4, -0.2) is 40.7 Å². The Balaban J connectivity index is 1.68. The zero-order valence-corrected chi connectivity index (χ0v) is 20.6. The van der Waals surface area contributed by atoms with Crippen LogP contribution in [0.25, 0.3) is 11.1 Å². The standard InChI is InChI=1S/C28H32NO5P/c30-27(31)12-7-18-29-28(32)26(21-35(33,34)19-17-22-8-3-1-4-9-22)20-23-13-15-25(16-14-23)24-10-5-2-6-11-24/h1-6,8-11,13-16,26H,7,12,17-21H2,(H,29,32)(H,30,31)(H,33,34). The first-order valence-corrected chi connectivity index (χ1v) is 13.8. The molecule has 0 fully saturated rings. The van der Waals surface area contributed by atoms with Crippen LogP contribution in [0, 0.1) is 5.92 Å². The van der Waals surface area contributed by atoms with Crippen molar-refractivity contribution in [2.75, 3.05) is 18.9 Å². The number of aryl methyl sites for hydroxylation is 1. The number of carboxylic acid groups (broad SMARTS) is 1. The van der Waals surface area contributed by atoms with E-state index in [0.717, 1.165) is 22.3 Å². The molecule has 35 heavy (non-hydrogen) atoms. The molecule has 2 atom stereocenters. The van der Waals surface area contributed by atoms with E-state index in [9.17, 15) is 19.0 Å². The second-order valence-electron chi connectivity index (χ2n) is 8.74. The molecule has 1 amide bonds. The lowest BCUT2D eigenvalue weighted by Gasteiger charge is -2.21. The molecular weight excluding hydrogens is 461 g/mol. The molecule has 184 valence electrons. The lowest BCUT2D eigenvalue weighted by atomic mass is 9.97. The number of hydrogen-bond donors (Lipinski definition) is 3. The van der Waals surface area contributed by atoms with Crippen LogP contribution in [0.15, 0.2) is 84.9 Å². The molecule has 0 saturated heterocycles. The van der Waals surface area contributed by atoms with Crippen LogP contribution in [0.2, 0.25) is 0 Å². The average Bonchev–Trinajstić information content (AvgIpc) is 2.86. The second kappa shape index (κ2) is 13.0. The van der Waals surface area contributed by atoms with Gasteiger partial charge in [-0.25, -0.2) is 0 Å². The Labute approximate surface area is 206 Å². The summed E-state index contributed by atoms with van der Waals surface area (Å²) >= 11 is 0. The van der Waals surface area contributed by atoms with Gasteiger partial charge in [0, 0.05) is 25.3 Å². The van der Waals surface area contributed by atoms with E-state index in [0.29, 0.717) is 19.3 Å². The minimum atomic E-state index is -3.57. The SMILES string of the molecule is O=C(O)CCCNC(=O)C(Cc1ccc(-c2ccccc2)cc1)CP(=O)(O)CCc1ccccc1. The zero-order chi connectivity index (χ0) is 25.1. The van der Waals surface area contributed by atoms with Crippen molar-refractivity contribution in [2.24, 2.45) is 5.92 Å². The van der Waals surface area contributed by atoms with Crippen molar-refractivity contribution in [1.82, 2.24) is 5.32 Å². The van der Waals surface area contributed by atoms with Crippen LogP contribution >= 0.6 is 7.37 Å². The molecule has 0 aliphatic carbocycles. The molecule has 7 heteroatoms. The van der Waals surface area contributed by atoms with Crippen molar-refractivity contribution in [3.8, 4) is 11.1 Å². The quantitative estimate of drug-likeness (QED) is 0.230. The third kappa shape index (κ3) is 9.16. The fraction of sp³-hybridized carbons (Fsp3) is 0.286. The molecule has 0 saturated carbocycles. The molecular formula is C28H32NO5P. The first-order chi connectivity index (χ1) is 16.8. The summed E-state index contributed by atoms with van der Waals surface area (Å²) in [7, 11) is -3.57.